The maximum absolute atomic E-state index is 15.6. The number of nitrogens with one attached hydrogen (secondary N) is 2. The number of aromatic nitrogens is 3. The van der Waals surface area contributed by atoms with Gasteiger partial charge < -0.3 is 15.8 Å². The maximum atomic E-state index is 15.6. The first kappa shape index (κ1) is 29.4. The molecule has 0 atom stereocenters. The predicted octanol–water partition coefficient (Wildman–Crippen LogP) is 5.07. The average Bonchev–Trinajstić information content (AvgIpc) is 3.35. The average molecular weight is 615 g/mol. The number of ether oxygens (including phenoxy) is 1. The van der Waals surface area contributed by atoms with Gasteiger partial charge in [-0.1, -0.05) is 18.2 Å². The molecule has 6 rings (SSSR count). The largest absolute Gasteiger partial charge is 0.383 e. The molecular formula is C30H33F3N6O3S. The highest BCUT2D eigenvalue weighted by Gasteiger charge is 2.30. The van der Waals surface area contributed by atoms with E-state index in [1.165, 1.54) is 18.2 Å². The van der Waals surface area contributed by atoms with Gasteiger partial charge in [-0.05, 0) is 56.2 Å². The first-order chi connectivity index (χ1) is 20.6. The van der Waals surface area contributed by atoms with E-state index in [1.807, 2.05) is 11.6 Å². The molecule has 2 aromatic heterocycles. The molecule has 0 bridgehead atoms. The van der Waals surface area contributed by atoms with E-state index in [2.05, 4.69) is 15.4 Å². The molecule has 0 radical (unpaired) electrons. The Hall–Kier alpha value is -3.68. The number of halogens is 3. The zero-order valence-electron chi connectivity index (χ0n) is 23.6. The van der Waals surface area contributed by atoms with Crippen LogP contribution in [0.15, 0.2) is 42.6 Å². The number of nitrogen functional groups attached to an aromatic ring is 1. The SMILES string of the molecule is CCn1nc(-c2cc(F)c(NS(=O)(=O)Cc3ccccc3F)cc2F)c2c(N)ncc(C3CCC(NC4COC4)CC3)c21. The predicted molar refractivity (Wildman–Crippen MR) is 158 cm³/mol. The molecule has 13 heteroatoms. The van der Waals surface area contributed by atoms with Crippen molar-refractivity contribution in [2.45, 2.75) is 62.9 Å². The molecule has 0 amide bonds. The summed E-state index contributed by atoms with van der Waals surface area (Å²) in [4.78, 5) is 4.42. The zero-order chi connectivity index (χ0) is 30.3. The number of benzene rings is 2. The number of hydrogen-bond acceptors (Lipinski definition) is 7. The van der Waals surface area contributed by atoms with Gasteiger partial charge in [-0.15, -0.1) is 0 Å². The number of pyridine rings is 1. The van der Waals surface area contributed by atoms with Crippen molar-refractivity contribution in [1.29, 1.82) is 0 Å². The number of aryl methyl sites for hydroxylation is 1. The van der Waals surface area contributed by atoms with Gasteiger partial charge in [0, 0.05) is 36.0 Å². The molecule has 9 nitrogen and oxygen atoms in total. The standard InChI is InChI=1S/C30H33F3N6O3S/c1-2-39-29-22(17-7-9-19(10-8-17)36-20-14-42-15-20)13-35-30(34)27(29)28(37-39)21-11-25(33)26(12-24(21)32)38-43(40,41)16-18-5-3-4-6-23(18)31/h3-6,11-13,17,19-20,36,38H,2,7-10,14-16H2,1H3,(H2,34,35). The van der Waals surface area contributed by atoms with Crippen molar-refractivity contribution in [2.24, 2.45) is 0 Å². The van der Waals surface area contributed by atoms with Gasteiger partial charge in [0.25, 0.3) is 0 Å². The number of nitrogens with two attached hydrogens (primary N) is 1. The third-order valence-corrected chi connectivity index (χ3v) is 9.50. The van der Waals surface area contributed by atoms with Crippen LogP contribution < -0.4 is 15.8 Å². The van der Waals surface area contributed by atoms with Crippen molar-refractivity contribution < 1.29 is 26.3 Å². The number of rotatable bonds is 9. The summed E-state index contributed by atoms with van der Waals surface area (Å²) in [5, 5.41) is 8.70. The van der Waals surface area contributed by atoms with E-state index in [0.717, 1.165) is 68.2 Å². The van der Waals surface area contributed by atoms with Gasteiger partial charge in [0.1, 0.15) is 29.0 Å². The molecule has 4 aromatic rings. The molecule has 43 heavy (non-hydrogen) atoms. The van der Waals surface area contributed by atoms with Crippen LogP contribution in [0.5, 0.6) is 0 Å². The lowest BCUT2D eigenvalue weighted by molar-refractivity contribution is -0.0121. The molecule has 0 unspecified atom stereocenters. The summed E-state index contributed by atoms with van der Waals surface area (Å²) in [6.07, 6.45) is 5.61. The summed E-state index contributed by atoms with van der Waals surface area (Å²) in [5.41, 5.74) is 7.29. The van der Waals surface area contributed by atoms with Crippen molar-refractivity contribution in [3.05, 3.63) is 71.2 Å². The summed E-state index contributed by atoms with van der Waals surface area (Å²) in [6.45, 7) is 3.86. The Morgan fingerprint density at radius 1 is 1.02 bits per heavy atom. The highest BCUT2D eigenvalue weighted by Crippen LogP contribution is 2.41. The normalized spacial score (nSPS) is 19.4. The number of sulfonamides is 1. The van der Waals surface area contributed by atoms with Crippen LogP contribution in [0, 0.1) is 17.5 Å². The molecule has 2 aromatic carbocycles. The van der Waals surface area contributed by atoms with Gasteiger partial charge in [-0.25, -0.2) is 26.6 Å². The number of fused-ring (bicyclic) bond motifs is 1. The lowest BCUT2D eigenvalue weighted by atomic mass is 9.81. The Balaban J connectivity index is 1.30. The summed E-state index contributed by atoms with van der Waals surface area (Å²) in [7, 11) is -4.25. The van der Waals surface area contributed by atoms with Gasteiger partial charge in [0.05, 0.1) is 41.6 Å². The molecule has 1 aliphatic heterocycles. The van der Waals surface area contributed by atoms with Crippen molar-refractivity contribution in [2.75, 3.05) is 23.7 Å². The Kier molecular flexibility index (Phi) is 8.05. The van der Waals surface area contributed by atoms with Crippen LogP contribution in [0.3, 0.4) is 0 Å². The van der Waals surface area contributed by atoms with Crippen LogP contribution in [0.25, 0.3) is 22.2 Å². The van der Waals surface area contributed by atoms with E-state index in [4.69, 9.17) is 10.5 Å². The second-order valence-corrected chi connectivity index (χ2v) is 12.9. The quantitative estimate of drug-likeness (QED) is 0.240. The molecule has 2 aliphatic rings. The fourth-order valence-corrected chi connectivity index (χ4v) is 7.25. The van der Waals surface area contributed by atoms with Crippen LogP contribution in [-0.4, -0.2) is 48.5 Å². The summed E-state index contributed by atoms with van der Waals surface area (Å²) >= 11 is 0. The molecule has 1 aliphatic carbocycles. The van der Waals surface area contributed by atoms with Crippen LogP contribution in [0.2, 0.25) is 0 Å². The van der Waals surface area contributed by atoms with E-state index < -0.39 is 38.9 Å². The lowest BCUT2D eigenvalue weighted by Gasteiger charge is -2.35. The van der Waals surface area contributed by atoms with Crippen molar-refractivity contribution in [3.63, 3.8) is 0 Å². The van der Waals surface area contributed by atoms with E-state index in [9.17, 15) is 12.8 Å². The Labute approximate surface area is 247 Å². The Morgan fingerprint density at radius 3 is 2.44 bits per heavy atom. The topological polar surface area (TPSA) is 124 Å². The van der Waals surface area contributed by atoms with E-state index in [0.29, 0.717) is 24.0 Å². The minimum absolute atomic E-state index is 0.0967. The monoisotopic (exact) mass is 614 g/mol. The number of anilines is 2. The fraction of sp³-hybridized carbons (Fsp3) is 0.400. The second-order valence-electron chi connectivity index (χ2n) is 11.2. The van der Waals surface area contributed by atoms with Crippen molar-refractivity contribution in [3.8, 4) is 11.3 Å². The van der Waals surface area contributed by atoms with Crippen LogP contribution in [-0.2, 0) is 27.1 Å². The maximum Gasteiger partial charge on any atom is 0.237 e. The smallest absolute Gasteiger partial charge is 0.237 e. The van der Waals surface area contributed by atoms with Gasteiger partial charge in [0.2, 0.25) is 10.0 Å². The lowest BCUT2D eigenvalue weighted by Crippen LogP contribution is -2.51. The molecule has 0 spiro atoms. The Bertz CT molecular complexity index is 1770. The third kappa shape index (κ3) is 5.93. The highest BCUT2D eigenvalue weighted by atomic mass is 32.2. The van der Waals surface area contributed by atoms with Gasteiger partial charge >= 0.3 is 0 Å². The van der Waals surface area contributed by atoms with Crippen LogP contribution >= 0.6 is 0 Å². The Morgan fingerprint density at radius 2 is 1.77 bits per heavy atom. The number of nitrogens with zero attached hydrogens (tertiary/aromatic N) is 3. The minimum atomic E-state index is -4.25. The molecular weight excluding hydrogens is 581 g/mol. The van der Waals surface area contributed by atoms with Gasteiger partial charge in [-0.3, -0.25) is 9.40 Å². The minimum Gasteiger partial charge on any atom is -0.383 e. The van der Waals surface area contributed by atoms with E-state index >= 15 is 8.78 Å². The summed E-state index contributed by atoms with van der Waals surface area (Å²) < 4.78 is 79.3. The van der Waals surface area contributed by atoms with Crippen LogP contribution in [0.4, 0.5) is 24.7 Å². The van der Waals surface area contributed by atoms with Crippen molar-refractivity contribution >= 4 is 32.4 Å². The zero-order valence-corrected chi connectivity index (χ0v) is 24.4. The summed E-state index contributed by atoms with van der Waals surface area (Å²) in [5.74, 6) is -3.03. The molecule has 1 saturated heterocycles. The molecule has 4 N–H and O–H groups in total. The molecule has 3 heterocycles. The van der Waals surface area contributed by atoms with Crippen molar-refractivity contribution in [1.82, 2.24) is 20.1 Å². The number of hydrogen-bond donors (Lipinski definition) is 3. The van der Waals surface area contributed by atoms with Gasteiger partial charge in [-0.2, -0.15) is 5.10 Å². The molecule has 1 saturated carbocycles. The second kappa shape index (κ2) is 11.8. The molecule has 2 fully saturated rings. The van der Waals surface area contributed by atoms with Crippen LogP contribution in [0.1, 0.15) is 49.7 Å². The molecule has 228 valence electrons. The highest BCUT2D eigenvalue weighted by molar-refractivity contribution is 7.91. The summed E-state index contributed by atoms with van der Waals surface area (Å²) in [6, 6.07) is 7.84. The van der Waals surface area contributed by atoms with E-state index in [1.54, 1.807) is 10.9 Å². The first-order valence-electron chi connectivity index (χ1n) is 14.4. The van der Waals surface area contributed by atoms with E-state index in [-0.39, 0.29) is 28.6 Å². The fourth-order valence-electron chi connectivity index (χ4n) is 6.05. The van der Waals surface area contributed by atoms with Gasteiger partial charge in [0.15, 0.2) is 0 Å². The first-order valence-corrected chi connectivity index (χ1v) is 16.0. The third-order valence-electron chi connectivity index (χ3n) is 8.28.